The van der Waals surface area contributed by atoms with E-state index < -0.39 is 0 Å². The number of thiazole rings is 1. The van der Waals surface area contributed by atoms with E-state index in [1.807, 2.05) is 46.4 Å². The first kappa shape index (κ1) is 11.1. The zero-order valence-electron chi connectivity index (χ0n) is 9.96. The largest absolute Gasteiger partial charge is 0.497 e. The Kier molecular flexibility index (Phi) is 2.90. The highest BCUT2D eigenvalue weighted by Crippen LogP contribution is 2.18. The lowest BCUT2D eigenvalue weighted by molar-refractivity contribution is 0.415. The number of methoxy groups -OCH3 is 1. The van der Waals surface area contributed by atoms with Crippen molar-refractivity contribution in [2.24, 2.45) is 0 Å². The summed E-state index contributed by atoms with van der Waals surface area (Å²) in [6, 6.07) is 7.88. The highest BCUT2D eigenvalue weighted by Gasteiger charge is 2.02. The first-order chi connectivity index (χ1) is 8.85. The van der Waals surface area contributed by atoms with Crippen LogP contribution in [0.5, 0.6) is 5.75 Å². The summed E-state index contributed by atoms with van der Waals surface area (Å²) in [5.41, 5.74) is 2.07. The summed E-state index contributed by atoms with van der Waals surface area (Å²) in [6.07, 6.45) is 4.06. The van der Waals surface area contributed by atoms with Crippen molar-refractivity contribution in [2.45, 2.75) is 6.54 Å². The van der Waals surface area contributed by atoms with E-state index in [0.29, 0.717) is 6.54 Å². The lowest BCUT2D eigenvalue weighted by Gasteiger charge is -2.06. The van der Waals surface area contributed by atoms with Crippen LogP contribution in [0.4, 0.5) is 5.69 Å². The molecule has 0 atom stereocenters. The van der Waals surface area contributed by atoms with Crippen LogP contribution in [-0.4, -0.2) is 16.5 Å². The number of fused-ring (bicyclic) bond motifs is 1. The number of imidazole rings is 1. The van der Waals surface area contributed by atoms with Crippen molar-refractivity contribution in [3.63, 3.8) is 0 Å². The summed E-state index contributed by atoms with van der Waals surface area (Å²) in [5.74, 6) is 0.853. The molecule has 1 N–H and O–H groups in total. The van der Waals surface area contributed by atoms with E-state index in [0.717, 1.165) is 22.1 Å². The van der Waals surface area contributed by atoms with E-state index in [1.165, 1.54) is 0 Å². The van der Waals surface area contributed by atoms with Gasteiger partial charge in [0.05, 0.1) is 19.3 Å². The Bertz CT molecular complexity index is 630. The fraction of sp³-hybridized carbons (Fsp3) is 0.154. The van der Waals surface area contributed by atoms with Crippen molar-refractivity contribution in [1.82, 2.24) is 9.38 Å². The lowest BCUT2D eigenvalue weighted by atomic mass is 10.3. The standard InChI is InChI=1S/C13H13N3OS/c1-17-12-4-2-3-10(7-12)14-8-11-9-16-5-6-18-13(16)15-11/h2-7,9,14H,8H2,1H3. The summed E-state index contributed by atoms with van der Waals surface area (Å²) < 4.78 is 7.22. The van der Waals surface area contributed by atoms with Gasteiger partial charge in [0, 0.05) is 29.5 Å². The van der Waals surface area contributed by atoms with Crippen molar-refractivity contribution >= 4 is 22.0 Å². The van der Waals surface area contributed by atoms with Gasteiger partial charge in [0.25, 0.3) is 0 Å². The predicted molar refractivity (Wildman–Crippen MR) is 73.4 cm³/mol. The van der Waals surface area contributed by atoms with Gasteiger partial charge in [0.1, 0.15) is 5.75 Å². The number of nitrogens with zero attached hydrogens (tertiary/aromatic N) is 2. The summed E-state index contributed by atoms with van der Waals surface area (Å²) in [7, 11) is 1.67. The molecule has 0 aliphatic heterocycles. The highest BCUT2D eigenvalue weighted by atomic mass is 32.1. The summed E-state index contributed by atoms with van der Waals surface area (Å²) in [4.78, 5) is 5.54. The van der Waals surface area contributed by atoms with Crippen LogP contribution in [0.25, 0.3) is 4.96 Å². The van der Waals surface area contributed by atoms with Crippen LogP contribution in [0, 0.1) is 0 Å². The van der Waals surface area contributed by atoms with Gasteiger partial charge in [-0.2, -0.15) is 0 Å². The fourth-order valence-electron chi connectivity index (χ4n) is 1.79. The fourth-order valence-corrected chi connectivity index (χ4v) is 2.51. The Balaban J connectivity index is 1.71. The molecule has 0 saturated heterocycles. The third-order valence-electron chi connectivity index (χ3n) is 2.69. The Labute approximate surface area is 109 Å². The molecule has 92 valence electrons. The maximum atomic E-state index is 5.18. The molecule has 0 amide bonds. The second-order valence-corrected chi connectivity index (χ2v) is 4.78. The Morgan fingerprint density at radius 2 is 2.39 bits per heavy atom. The predicted octanol–water partition coefficient (Wildman–Crippen LogP) is 3.02. The maximum Gasteiger partial charge on any atom is 0.193 e. The third kappa shape index (κ3) is 2.17. The molecule has 0 aliphatic rings. The molecular weight excluding hydrogens is 246 g/mol. The van der Waals surface area contributed by atoms with Crippen LogP contribution >= 0.6 is 11.3 Å². The van der Waals surface area contributed by atoms with Gasteiger partial charge in [-0.25, -0.2) is 4.98 Å². The quantitative estimate of drug-likeness (QED) is 0.782. The molecule has 3 rings (SSSR count). The molecule has 0 aliphatic carbocycles. The second kappa shape index (κ2) is 4.70. The van der Waals surface area contributed by atoms with Crippen LogP contribution in [0.2, 0.25) is 0 Å². The van der Waals surface area contributed by atoms with Crippen molar-refractivity contribution < 1.29 is 4.74 Å². The van der Waals surface area contributed by atoms with E-state index in [-0.39, 0.29) is 0 Å². The third-order valence-corrected chi connectivity index (χ3v) is 3.46. The van der Waals surface area contributed by atoms with Crippen LogP contribution in [0.15, 0.2) is 42.0 Å². The number of aromatic nitrogens is 2. The second-order valence-electron chi connectivity index (χ2n) is 3.91. The number of rotatable bonds is 4. The normalized spacial score (nSPS) is 10.7. The molecule has 0 radical (unpaired) electrons. The molecule has 2 heterocycles. The number of anilines is 1. The van der Waals surface area contributed by atoms with Gasteiger partial charge < -0.3 is 10.1 Å². The zero-order chi connectivity index (χ0) is 12.4. The summed E-state index contributed by atoms with van der Waals surface area (Å²) >= 11 is 1.64. The average molecular weight is 259 g/mol. The lowest BCUT2D eigenvalue weighted by Crippen LogP contribution is -1.99. The molecule has 0 spiro atoms. The van der Waals surface area contributed by atoms with E-state index >= 15 is 0 Å². The van der Waals surface area contributed by atoms with E-state index in [4.69, 9.17) is 4.74 Å². The van der Waals surface area contributed by atoms with Gasteiger partial charge in [-0.15, -0.1) is 11.3 Å². The molecular formula is C13H13N3OS. The Hall–Kier alpha value is -2.01. The maximum absolute atomic E-state index is 5.18. The van der Waals surface area contributed by atoms with Crippen LogP contribution in [-0.2, 0) is 6.54 Å². The molecule has 0 fully saturated rings. The SMILES string of the molecule is COc1cccc(NCc2cn3ccsc3n2)c1. The van der Waals surface area contributed by atoms with Crippen molar-refractivity contribution in [1.29, 1.82) is 0 Å². The van der Waals surface area contributed by atoms with E-state index in [9.17, 15) is 0 Å². The smallest absolute Gasteiger partial charge is 0.193 e. The minimum absolute atomic E-state index is 0.710. The molecule has 2 aromatic heterocycles. The summed E-state index contributed by atoms with van der Waals surface area (Å²) in [6.45, 7) is 0.710. The van der Waals surface area contributed by atoms with Crippen LogP contribution in [0.1, 0.15) is 5.69 Å². The van der Waals surface area contributed by atoms with E-state index in [2.05, 4.69) is 10.3 Å². The van der Waals surface area contributed by atoms with Gasteiger partial charge >= 0.3 is 0 Å². The molecule has 1 aromatic carbocycles. The molecule has 4 nitrogen and oxygen atoms in total. The number of hydrogen-bond donors (Lipinski definition) is 1. The highest BCUT2D eigenvalue weighted by molar-refractivity contribution is 7.15. The van der Waals surface area contributed by atoms with Crippen LogP contribution < -0.4 is 10.1 Å². The molecule has 0 bridgehead atoms. The zero-order valence-corrected chi connectivity index (χ0v) is 10.8. The number of hydrogen-bond acceptors (Lipinski definition) is 4. The number of ether oxygens (including phenoxy) is 1. The van der Waals surface area contributed by atoms with Gasteiger partial charge in [-0.05, 0) is 12.1 Å². The number of nitrogens with one attached hydrogen (secondary N) is 1. The topological polar surface area (TPSA) is 38.6 Å². The number of benzene rings is 1. The molecule has 5 heteroatoms. The Morgan fingerprint density at radius 3 is 3.22 bits per heavy atom. The minimum Gasteiger partial charge on any atom is -0.497 e. The first-order valence-corrected chi connectivity index (χ1v) is 6.52. The van der Waals surface area contributed by atoms with Gasteiger partial charge in [0.2, 0.25) is 0 Å². The van der Waals surface area contributed by atoms with Crippen LogP contribution in [0.3, 0.4) is 0 Å². The van der Waals surface area contributed by atoms with Crippen molar-refractivity contribution in [3.8, 4) is 5.75 Å². The first-order valence-electron chi connectivity index (χ1n) is 5.64. The summed E-state index contributed by atoms with van der Waals surface area (Å²) in [5, 5.41) is 5.36. The molecule has 3 aromatic rings. The van der Waals surface area contributed by atoms with E-state index in [1.54, 1.807) is 18.4 Å². The monoisotopic (exact) mass is 259 g/mol. The van der Waals surface area contributed by atoms with Crippen molar-refractivity contribution in [3.05, 3.63) is 47.7 Å². The molecule has 0 unspecified atom stereocenters. The van der Waals surface area contributed by atoms with Gasteiger partial charge in [0.15, 0.2) is 4.96 Å². The van der Waals surface area contributed by atoms with Crippen molar-refractivity contribution in [2.75, 3.05) is 12.4 Å². The average Bonchev–Trinajstić information content (AvgIpc) is 2.97. The Morgan fingerprint density at radius 1 is 1.44 bits per heavy atom. The minimum atomic E-state index is 0.710. The van der Waals surface area contributed by atoms with Gasteiger partial charge in [-0.3, -0.25) is 4.40 Å². The molecule has 0 saturated carbocycles. The molecule has 18 heavy (non-hydrogen) atoms. The van der Waals surface area contributed by atoms with Gasteiger partial charge in [-0.1, -0.05) is 6.07 Å².